The van der Waals surface area contributed by atoms with Crippen molar-refractivity contribution < 1.29 is 9.59 Å². The van der Waals surface area contributed by atoms with Gasteiger partial charge in [0.15, 0.2) is 0 Å². The van der Waals surface area contributed by atoms with Crippen molar-refractivity contribution in [2.45, 2.75) is 43.0 Å². The van der Waals surface area contributed by atoms with Crippen molar-refractivity contribution in [3.8, 4) is 0 Å². The Bertz CT molecular complexity index is 677. The number of carbonyl (C=O) groups is 2. The highest BCUT2D eigenvalue weighted by atomic mass is 32.2. The normalized spacial score (nSPS) is 25.7. The van der Waals surface area contributed by atoms with Crippen LogP contribution in [0.15, 0.2) is 17.1 Å². The largest absolute Gasteiger partial charge is 0.383 e. The summed E-state index contributed by atoms with van der Waals surface area (Å²) < 4.78 is 0.998. The molecule has 0 unspecified atom stereocenters. The molecule has 23 heavy (non-hydrogen) atoms. The average molecular weight is 337 g/mol. The Labute approximate surface area is 137 Å². The number of fused-ring (bicyclic) bond motifs is 1. The molecule has 0 spiro atoms. The van der Waals surface area contributed by atoms with Crippen LogP contribution in [0.1, 0.15) is 30.5 Å². The second-order valence-electron chi connectivity index (χ2n) is 5.77. The molecule has 3 heterocycles. The number of hydrogen-bond donors (Lipinski definition) is 3. The minimum Gasteiger partial charge on any atom is -0.383 e. The summed E-state index contributed by atoms with van der Waals surface area (Å²) in [7, 11) is 0. The number of urea groups is 1. The van der Waals surface area contributed by atoms with E-state index in [1.54, 1.807) is 0 Å². The van der Waals surface area contributed by atoms with Crippen molar-refractivity contribution in [2.24, 2.45) is 0 Å². The molecule has 2 saturated heterocycles. The molecular weight excluding hydrogens is 318 g/mol. The number of nitrogen functional groups attached to an aromatic ring is 1. The highest BCUT2D eigenvalue weighted by Crippen LogP contribution is 2.33. The third kappa shape index (κ3) is 3.49. The van der Waals surface area contributed by atoms with Crippen molar-refractivity contribution in [3.05, 3.63) is 22.7 Å². The van der Waals surface area contributed by atoms with E-state index in [1.807, 2.05) is 11.8 Å². The van der Waals surface area contributed by atoms with Crippen LogP contribution in [0.5, 0.6) is 0 Å². The van der Waals surface area contributed by atoms with Crippen LogP contribution in [-0.4, -0.2) is 44.6 Å². The van der Waals surface area contributed by atoms with E-state index in [4.69, 9.17) is 5.73 Å². The van der Waals surface area contributed by atoms with E-state index in [2.05, 4.69) is 15.6 Å². The minimum atomic E-state index is -0.635. The number of unbranched alkanes of at least 4 members (excludes halogenated alkanes) is 1. The van der Waals surface area contributed by atoms with Crippen molar-refractivity contribution >= 4 is 29.5 Å². The van der Waals surface area contributed by atoms with Crippen LogP contribution >= 0.6 is 11.8 Å². The van der Waals surface area contributed by atoms with Crippen molar-refractivity contribution in [3.63, 3.8) is 0 Å². The Balaban J connectivity index is 1.44. The molecule has 2 fully saturated rings. The van der Waals surface area contributed by atoms with Gasteiger partial charge in [-0.1, -0.05) is 6.42 Å². The van der Waals surface area contributed by atoms with E-state index >= 15 is 0 Å². The highest BCUT2D eigenvalue weighted by Gasteiger charge is 2.42. The molecule has 1 aromatic heterocycles. The molecular formula is C14H19N5O3S. The summed E-state index contributed by atoms with van der Waals surface area (Å²) in [5.41, 5.74) is 4.76. The summed E-state index contributed by atoms with van der Waals surface area (Å²) in [5, 5.41) is 6.24. The van der Waals surface area contributed by atoms with Crippen molar-refractivity contribution in [2.75, 3.05) is 11.5 Å². The summed E-state index contributed by atoms with van der Waals surface area (Å²) >= 11 is 1.85. The summed E-state index contributed by atoms with van der Waals surface area (Å²) in [6.45, 7) is 0. The first-order chi connectivity index (χ1) is 11.0. The lowest BCUT2D eigenvalue weighted by Gasteiger charge is -2.16. The smallest absolute Gasteiger partial charge is 0.356 e. The van der Waals surface area contributed by atoms with E-state index in [-0.39, 0.29) is 29.8 Å². The third-order valence-corrected chi connectivity index (χ3v) is 5.67. The molecule has 1 aromatic rings. The number of nitrogens with zero attached hydrogens (tertiary/aromatic N) is 2. The number of nitrogens with one attached hydrogen (secondary N) is 2. The van der Waals surface area contributed by atoms with Crippen LogP contribution in [0.4, 0.5) is 10.6 Å². The molecule has 8 nitrogen and oxygen atoms in total. The van der Waals surface area contributed by atoms with E-state index < -0.39 is 5.69 Å². The Morgan fingerprint density at radius 3 is 3.00 bits per heavy atom. The number of thioether (sulfide) groups is 1. The van der Waals surface area contributed by atoms with Gasteiger partial charge in [-0.05, 0) is 18.9 Å². The molecule has 2 aliphatic heterocycles. The molecule has 4 N–H and O–H groups in total. The Morgan fingerprint density at radius 2 is 2.22 bits per heavy atom. The van der Waals surface area contributed by atoms with Crippen LogP contribution < -0.4 is 22.1 Å². The van der Waals surface area contributed by atoms with Gasteiger partial charge in [0.2, 0.25) is 5.91 Å². The number of anilines is 1. The van der Waals surface area contributed by atoms with Gasteiger partial charge in [-0.2, -0.15) is 16.7 Å². The van der Waals surface area contributed by atoms with Gasteiger partial charge in [0.25, 0.3) is 0 Å². The zero-order valence-corrected chi connectivity index (χ0v) is 13.3. The first-order valence-electron chi connectivity index (χ1n) is 7.61. The van der Waals surface area contributed by atoms with E-state index in [1.165, 1.54) is 12.3 Å². The van der Waals surface area contributed by atoms with Gasteiger partial charge in [0, 0.05) is 23.6 Å². The highest BCUT2D eigenvalue weighted by molar-refractivity contribution is 8.00. The molecule has 0 bridgehead atoms. The number of amides is 2. The molecule has 0 saturated carbocycles. The lowest BCUT2D eigenvalue weighted by atomic mass is 10.0. The Hall–Kier alpha value is -2.03. The Kier molecular flexibility index (Phi) is 4.56. The summed E-state index contributed by atoms with van der Waals surface area (Å²) in [6.07, 6.45) is 4.17. The molecule has 3 rings (SSSR count). The van der Waals surface area contributed by atoms with Crippen molar-refractivity contribution in [1.29, 1.82) is 0 Å². The maximum Gasteiger partial charge on any atom is 0.356 e. The van der Waals surface area contributed by atoms with Gasteiger partial charge in [-0.3, -0.25) is 4.79 Å². The van der Waals surface area contributed by atoms with Gasteiger partial charge in [-0.25, -0.2) is 14.2 Å². The standard InChI is InChI=1S/C14H19N5O3S/c15-10-5-6-19(14(22)17-10)11(20)4-2-1-3-9-12-8(7-23-9)16-13(21)18-12/h5-6,8-9,12H,1-4,7H2,(H2,15,17,22)(H2,16,18,21)/t8-,9-,12-/m0/s1. The number of hydrogen-bond acceptors (Lipinski definition) is 6. The average Bonchev–Trinajstić information content (AvgIpc) is 3.03. The topological polar surface area (TPSA) is 119 Å². The number of aromatic nitrogens is 2. The van der Waals surface area contributed by atoms with Crippen LogP contribution in [0.25, 0.3) is 0 Å². The first kappa shape index (κ1) is 15.9. The van der Waals surface area contributed by atoms with Gasteiger partial charge < -0.3 is 16.4 Å². The zero-order chi connectivity index (χ0) is 16.4. The fraction of sp³-hybridized carbons (Fsp3) is 0.571. The second-order valence-corrected chi connectivity index (χ2v) is 7.04. The molecule has 0 aliphatic carbocycles. The summed E-state index contributed by atoms with van der Waals surface area (Å²) in [5.74, 6) is 0.772. The van der Waals surface area contributed by atoms with Gasteiger partial charge >= 0.3 is 11.7 Å². The van der Waals surface area contributed by atoms with Crippen LogP contribution in [0, 0.1) is 0 Å². The monoisotopic (exact) mass is 337 g/mol. The molecule has 2 amide bonds. The van der Waals surface area contributed by atoms with Gasteiger partial charge in [0.1, 0.15) is 5.82 Å². The fourth-order valence-corrected chi connectivity index (χ4v) is 4.53. The number of rotatable bonds is 5. The van der Waals surface area contributed by atoms with E-state index in [0.29, 0.717) is 18.1 Å². The first-order valence-corrected chi connectivity index (χ1v) is 8.66. The second kappa shape index (κ2) is 6.61. The maximum atomic E-state index is 12.0. The fourth-order valence-electron chi connectivity index (χ4n) is 2.99. The lowest BCUT2D eigenvalue weighted by Crippen LogP contribution is -2.36. The number of carbonyl (C=O) groups excluding carboxylic acids is 2. The van der Waals surface area contributed by atoms with Crippen LogP contribution in [0.3, 0.4) is 0 Å². The van der Waals surface area contributed by atoms with Crippen LogP contribution in [-0.2, 0) is 0 Å². The van der Waals surface area contributed by atoms with Gasteiger partial charge in [0.05, 0.1) is 12.1 Å². The van der Waals surface area contributed by atoms with Crippen molar-refractivity contribution in [1.82, 2.24) is 20.2 Å². The third-order valence-electron chi connectivity index (χ3n) is 4.16. The summed E-state index contributed by atoms with van der Waals surface area (Å²) in [4.78, 5) is 38.4. The zero-order valence-electron chi connectivity index (χ0n) is 12.5. The maximum absolute atomic E-state index is 12.0. The van der Waals surface area contributed by atoms with Crippen LogP contribution in [0.2, 0.25) is 0 Å². The molecule has 3 atom stereocenters. The minimum absolute atomic E-state index is 0.0873. The predicted octanol–water partition coefficient (Wildman–Crippen LogP) is 0.191. The quantitative estimate of drug-likeness (QED) is 0.521. The van der Waals surface area contributed by atoms with E-state index in [0.717, 1.165) is 23.2 Å². The van der Waals surface area contributed by atoms with E-state index in [9.17, 15) is 14.4 Å². The molecule has 9 heteroatoms. The Morgan fingerprint density at radius 1 is 1.39 bits per heavy atom. The molecule has 0 radical (unpaired) electrons. The molecule has 124 valence electrons. The summed E-state index contributed by atoms with van der Waals surface area (Å²) in [6, 6.07) is 1.76. The number of nitrogens with two attached hydrogens (primary N) is 1. The molecule has 0 aromatic carbocycles. The predicted molar refractivity (Wildman–Crippen MR) is 87.5 cm³/mol. The van der Waals surface area contributed by atoms with Gasteiger partial charge in [-0.15, -0.1) is 0 Å². The lowest BCUT2D eigenvalue weighted by molar-refractivity contribution is 0.0893. The molecule has 2 aliphatic rings. The SMILES string of the molecule is Nc1ccn(C(=O)CCCC[C@@H]2SC[C@@H]3NC(=O)N[C@@H]32)c(=O)n1.